The maximum atomic E-state index is 12.8. The van der Waals surface area contributed by atoms with Crippen LogP contribution < -0.4 is 5.32 Å². The molecule has 14 heavy (non-hydrogen) atoms. The lowest BCUT2D eigenvalue weighted by Gasteiger charge is -2.07. The fourth-order valence-electron chi connectivity index (χ4n) is 1.09. The highest BCUT2D eigenvalue weighted by atomic mass is 32.2. The normalized spacial score (nSPS) is 10.6. The van der Waals surface area contributed by atoms with Gasteiger partial charge >= 0.3 is 0 Å². The molecule has 0 fully saturated rings. The minimum Gasteiger partial charge on any atom is -0.384 e. The summed E-state index contributed by atoms with van der Waals surface area (Å²) >= 11 is 1.90. The summed E-state index contributed by atoms with van der Waals surface area (Å²) in [6, 6.07) is 6.56. The zero-order chi connectivity index (χ0) is 10.4. The monoisotopic (exact) mass is 213 g/mol. The number of nitrogens with one attached hydrogen (secondary N) is 1. The molecule has 0 aliphatic heterocycles. The van der Waals surface area contributed by atoms with E-state index in [4.69, 9.17) is 0 Å². The van der Waals surface area contributed by atoms with Crippen molar-refractivity contribution in [2.45, 2.75) is 19.1 Å². The number of halogens is 1. The molecule has 0 aromatic heterocycles. The van der Waals surface area contributed by atoms with Crippen molar-refractivity contribution in [3.05, 3.63) is 30.1 Å². The Hall–Kier alpha value is -0.700. The van der Waals surface area contributed by atoms with E-state index in [9.17, 15) is 4.39 Å². The highest BCUT2D eigenvalue weighted by Gasteiger charge is 1.95. The van der Waals surface area contributed by atoms with E-state index < -0.39 is 0 Å². The molecule has 0 heterocycles. The molecule has 1 aromatic carbocycles. The van der Waals surface area contributed by atoms with Gasteiger partial charge in [-0.2, -0.15) is 11.8 Å². The van der Waals surface area contributed by atoms with E-state index >= 15 is 0 Å². The van der Waals surface area contributed by atoms with E-state index in [-0.39, 0.29) is 5.82 Å². The van der Waals surface area contributed by atoms with Gasteiger partial charge in [0.05, 0.1) is 0 Å². The van der Waals surface area contributed by atoms with E-state index in [0.717, 1.165) is 18.0 Å². The van der Waals surface area contributed by atoms with Crippen LogP contribution >= 0.6 is 11.8 Å². The molecule has 1 aromatic rings. The molecule has 0 spiro atoms. The molecule has 0 saturated carbocycles. The summed E-state index contributed by atoms with van der Waals surface area (Å²) in [6.07, 6.45) is 0. The Kier molecular flexibility index (Phi) is 4.80. The molecule has 1 nitrogen and oxygen atoms in total. The average Bonchev–Trinajstić information content (AvgIpc) is 2.12. The van der Waals surface area contributed by atoms with Crippen molar-refractivity contribution in [1.29, 1.82) is 0 Å². The molecule has 0 aliphatic rings. The zero-order valence-electron chi connectivity index (χ0n) is 8.59. The Morgan fingerprint density at radius 3 is 2.86 bits per heavy atom. The van der Waals surface area contributed by atoms with Crippen molar-refractivity contribution < 1.29 is 4.39 Å². The molecule has 0 saturated heterocycles. The van der Waals surface area contributed by atoms with Crippen LogP contribution in [0.3, 0.4) is 0 Å². The summed E-state index contributed by atoms with van der Waals surface area (Å²) in [7, 11) is 0. The molecule has 0 unspecified atom stereocenters. The lowest BCUT2D eigenvalue weighted by Crippen LogP contribution is -2.05. The second kappa shape index (κ2) is 5.91. The van der Waals surface area contributed by atoms with Gasteiger partial charge in [-0.15, -0.1) is 0 Å². The van der Waals surface area contributed by atoms with Gasteiger partial charge in [-0.1, -0.05) is 19.9 Å². The summed E-state index contributed by atoms with van der Waals surface area (Å²) in [5.41, 5.74) is 0.856. The third kappa shape index (κ3) is 4.51. The average molecular weight is 213 g/mol. The van der Waals surface area contributed by atoms with Crippen molar-refractivity contribution >= 4 is 17.4 Å². The van der Waals surface area contributed by atoms with Crippen LogP contribution in [-0.2, 0) is 0 Å². The number of anilines is 1. The predicted octanol–water partition coefficient (Wildman–Crippen LogP) is 3.38. The quantitative estimate of drug-likeness (QED) is 0.752. The van der Waals surface area contributed by atoms with E-state index in [2.05, 4.69) is 19.2 Å². The highest BCUT2D eigenvalue weighted by molar-refractivity contribution is 7.99. The van der Waals surface area contributed by atoms with Crippen LogP contribution in [0, 0.1) is 5.82 Å². The summed E-state index contributed by atoms with van der Waals surface area (Å²) in [4.78, 5) is 0. The lowest BCUT2D eigenvalue weighted by atomic mass is 10.3. The first kappa shape index (κ1) is 11.4. The van der Waals surface area contributed by atoms with E-state index in [1.807, 2.05) is 17.8 Å². The summed E-state index contributed by atoms with van der Waals surface area (Å²) in [5, 5.41) is 3.84. The van der Waals surface area contributed by atoms with Gasteiger partial charge in [0, 0.05) is 18.0 Å². The first-order valence-electron chi connectivity index (χ1n) is 4.79. The predicted molar refractivity (Wildman–Crippen MR) is 62.5 cm³/mol. The van der Waals surface area contributed by atoms with Crippen molar-refractivity contribution in [1.82, 2.24) is 0 Å². The Morgan fingerprint density at radius 1 is 1.43 bits per heavy atom. The van der Waals surface area contributed by atoms with Gasteiger partial charge in [0.25, 0.3) is 0 Å². The smallest absolute Gasteiger partial charge is 0.125 e. The van der Waals surface area contributed by atoms with Crippen LogP contribution in [0.15, 0.2) is 24.3 Å². The van der Waals surface area contributed by atoms with Gasteiger partial charge in [0.2, 0.25) is 0 Å². The maximum absolute atomic E-state index is 12.8. The molecule has 1 rings (SSSR count). The van der Waals surface area contributed by atoms with Crippen molar-refractivity contribution in [3.63, 3.8) is 0 Å². The number of hydrogen-bond donors (Lipinski definition) is 1. The molecular weight excluding hydrogens is 197 g/mol. The number of benzene rings is 1. The van der Waals surface area contributed by atoms with Gasteiger partial charge in [0.15, 0.2) is 0 Å². The topological polar surface area (TPSA) is 12.0 Å². The largest absolute Gasteiger partial charge is 0.384 e. The first-order chi connectivity index (χ1) is 6.68. The molecule has 0 bridgehead atoms. The fraction of sp³-hybridized carbons (Fsp3) is 0.455. The maximum Gasteiger partial charge on any atom is 0.125 e. The summed E-state index contributed by atoms with van der Waals surface area (Å²) in [5.74, 6) is 0.861. The van der Waals surface area contributed by atoms with Crippen LogP contribution in [0.2, 0.25) is 0 Å². The minimum absolute atomic E-state index is 0.188. The number of rotatable bonds is 5. The molecule has 0 amide bonds. The molecule has 78 valence electrons. The van der Waals surface area contributed by atoms with E-state index in [1.165, 1.54) is 12.1 Å². The Labute approximate surface area is 89.1 Å². The van der Waals surface area contributed by atoms with Gasteiger partial charge in [-0.3, -0.25) is 0 Å². The van der Waals surface area contributed by atoms with Gasteiger partial charge < -0.3 is 5.32 Å². The summed E-state index contributed by atoms with van der Waals surface area (Å²) in [6.45, 7) is 5.23. The number of hydrogen-bond acceptors (Lipinski definition) is 2. The van der Waals surface area contributed by atoms with Crippen molar-refractivity contribution in [2.75, 3.05) is 17.6 Å². The van der Waals surface area contributed by atoms with Gasteiger partial charge in [-0.05, 0) is 23.4 Å². The lowest BCUT2D eigenvalue weighted by molar-refractivity contribution is 0.628. The molecule has 3 heteroatoms. The summed E-state index contributed by atoms with van der Waals surface area (Å²) < 4.78 is 12.8. The van der Waals surface area contributed by atoms with Crippen molar-refractivity contribution in [2.24, 2.45) is 0 Å². The SMILES string of the molecule is CC(C)SCCNc1cccc(F)c1. The van der Waals surface area contributed by atoms with Crippen LogP contribution in [0.25, 0.3) is 0 Å². The zero-order valence-corrected chi connectivity index (χ0v) is 9.40. The third-order valence-corrected chi connectivity index (χ3v) is 2.81. The standard InChI is InChI=1S/C11H16FNS/c1-9(2)14-7-6-13-11-5-3-4-10(12)8-11/h3-5,8-9,13H,6-7H2,1-2H3. The van der Waals surface area contributed by atoms with Crippen LogP contribution in [0.1, 0.15) is 13.8 Å². The molecule has 1 N–H and O–H groups in total. The van der Waals surface area contributed by atoms with Gasteiger partial charge in [-0.25, -0.2) is 4.39 Å². The van der Waals surface area contributed by atoms with E-state index in [0.29, 0.717) is 5.25 Å². The van der Waals surface area contributed by atoms with Crippen molar-refractivity contribution in [3.8, 4) is 0 Å². The second-order valence-corrected chi connectivity index (χ2v) is 5.04. The third-order valence-electron chi connectivity index (χ3n) is 1.71. The fourth-order valence-corrected chi connectivity index (χ4v) is 1.78. The molecule has 0 radical (unpaired) electrons. The molecular formula is C11H16FNS. The Balaban J connectivity index is 2.25. The molecule has 0 aliphatic carbocycles. The second-order valence-electron chi connectivity index (χ2n) is 3.36. The highest BCUT2D eigenvalue weighted by Crippen LogP contribution is 2.11. The van der Waals surface area contributed by atoms with Crippen LogP contribution in [-0.4, -0.2) is 17.5 Å². The Morgan fingerprint density at radius 2 is 2.21 bits per heavy atom. The van der Waals surface area contributed by atoms with Crippen LogP contribution in [0.5, 0.6) is 0 Å². The number of thioether (sulfide) groups is 1. The van der Waals surface area contributed by atoms with Gasteiger partial charge in [0.1, 0.15) is 5.82 Å². The van der Waals surface area contributed by atoms with Crippen LogP contribution in [0.4, 0.5) is 10.1 Å². The minimum atomic E-state index is -0.188. The van der Waals surface area contributed by atoms with E-state index in [1.54, 1.807) is 6.07 Å². The first-order valence-corrected chi connectivity index (χ1v) is 5.84. The Bertz CT molecular complexity index is 276. The molecule has 0 atom stereocenters.